The quantitative estimate of drug-likeness (QED) is 0.628. The Morgan fingerprint density at radius 2 is 2.27 bits per heavy atom. The molecule has 0 aliphatic rings. The monoisotopic (exact) mass is 315 g/mol. The maximum atomic E-state index is 3.74. The summed E-state index contributed by atoms with van der Waals surface area (Å²) in [5, 5.41) is 3.52. The summed E-state index contributed by atoms with van der Waals surface area (Å²) < 4.78 is 1.29. The van der Waals surface area contributed by atoms with E-state index in [-0.39, 0.29) is 0 Å². The van der Waals surface area contributed by atoms with E-state index in [0.717, 1.165) is 12.8 Å². The maximum absolute atomic E-state index is 3.74. The highest BCUT2D eigenvalue weighted by molar-refractivity contribution is 14.1. The van der Waals surface area contributed by atoms with Crippen LogP contribution >= 0.6 is 22.6 Å². The number of aryl methyl sites for hydroxylation is 1. The minimum atomic E-state index is 0.502. The average molecular weight is 315 g/mol. The van der Waals surface area contributed by atoms with Crippen LogP contribution in [-0.2, 0) is 0 Å². The largest absolute Gasteiger partial charge is 0.382 e. The molecule has 1 atom stereocenters. The zero-order valence-corrected chi connectivity index (χ0v) is 11.5. The molecule has 0 bridgehead atoms. The second-order valence-corrected chi connectivity index (χ2v) is 5.12. The van der Waals surface area contributed by atoms with Crippen molar-refractivity contribution in [1.29, 1.82) is 0 Å². The molecule has 0 spiro atoms. The van der Waals surface area contributed by atoms with Gasteiger partial charge in [-0.25, -0.2) is 0 Å². The van der Waals surface area contributed by atoms with Crippen molar-refractivity contribution in [1.82, 2.24) is 0 Å². The fraction of sp³-hybridized carbons (Fsp3) is 0.385. The predicted octanol–water partition coefficient (Wildman–Crippen LogP) is 4.37. The number of nitrogens with one attached hydrogen (secondary N) is 1. The van der Waals surface area contributed by atoms with Crippen LogP contribution in [0.4, 0.5) is 5.69 Å². The number of hydrogen-bond donors (Lipinski definition) is 1. The highest BCUT2D eigenvalue weighted by Gasteiger charge is 2.03. The molecule has 0 amide bonds. The van der Waals surface area contributed by atoms with Crippen molar-refractivity contribution in [2.24, 2.45) is 0 Å². The van der Waals surface area contributed by atoms with E-state index in [1.807, 2.05) is 6.08 Å². The number of anilines is 1. The van der Waals surface area contributed by atoms with Gasteiger partial charge < -0.3 is 5.32 Å². The van der Waals surface area contributed by atoms with Crippen molar-refractivity contribution in [3.05, 3.63) is 40.0 Å². The Hall–Kier alpha value is -0.510. The van der Waals surface area contributed by atoms with Gasteiger partial charge in [0, 0.05) is 15.3 Å². The molecule has 0 aliphatic heterocycles. The second kappa shape index (κ2) is 6.16. The third-order valence-corrected chi connectivity index (χ3v) is 3.07. The van der Waals surface area contributed by atoms with Gasteiger partial charge in [0.1, 0.15) is 0 Å². The van der Waals surface area contributed by atoms with Crippen LogP contribution in [0.15, 0.2) is 30.9 Å². The predicted molar refractivity (Wildman–Crippen MR) is 76.4 cm³/mol. The van der Waals surface area contributed by atoms with Gasteiger partial charge in [-0.1, -0.05) is 6.08 Å². The first-order valence-electron chi connectivity index (χ1n) is 5.27. The minimum Gasteiger partial charge on any atom is -0.382 e. The Kier molecular flexibility index (Phi) is 5.15. The van der Waals surface area contributed by atoms with Gasteiger partial charge in [-0.2, -0.15) is 0 Å². The van der Waals surface area contributed by atoms with E-state index >= 15 is 0 Å². The lowest BCUT2D eigenvalue weighted by Gasteiger charge is -2.16. The molecule has 0 saturated heterocycles. The van der Waals surface area contributed by atoms with Gasteiger partial charge in [0.2, 0.25) is 0 Å². The Morgan fingerprint density at radius 3 is 2.87 bits per heavy atom. The third-order valence-electron chi connectivity index (χ3n) is 2.39. The lowest BCUT2D eigenvalue weighted by Crippen LogP contribution is -2.15. The Balaban J connectivity index is 2.59. The van der Waals surface area contributed by atoms with Crippen LogP contribution in [0.1, 0.15) is 25.3 Å². The fourth-order valence-electron chi connectivity index (χ4n) is 1.49. The van der Waals surface area contributed by atoms with E-state index < -0.39 is 0 Å². The van der Waals surface area contributed by atoms with Gasteiger partial charge in [0.15, 0.2) is 0 Å². The van der Waals surface area contributed by atoms with Crippen molar-refractivity contribution in [2.45, 2.75) is 32.7 Å². The molecule has 0 aliphatic carbocycles. The number of benzene rings is 1. The topological polar surface area (TPSA) is 12.0 Å². The molecule has 0 saturated carbocycles. The van der Waals surface area contributed by atoms with Crippen LogP contribution in [0.3, 0.4) is 0 Å². The number of rotatable bonds is 5. The average Bonchev–Trinajstić information content (AvgIpc) is 2.19. The normalized spacial score (nSPS) is 12.2. The summed E-state index contributed by atoms with van der Waals surface area (Å²) in [6.45, 7) is 8.09. The van der Waals surface area contributed by atoms with Crippen LogP contribution in [0.25, 0.3) is 0 Å². The molecule has 1 nitrogen and oxygen atoms in total. The molecule has 1 rings (SSSR count). The Morgan fingerprint density at radius 1 is 1.53 bits per heavy atom. The van der Waals surface area contributed by atoms with Gasteiger partial charge >= 0.3 is 0 Å². The number of allylic oxidation sites excluding steroid dienone is 1. The van der Waals surface area contributed by atoms with Crippen LogP contribution in [0.2, 0.25) is 0 Å². The van der Waals surface area contributed by atoms with Gasteiger partial charge in [-0.3, -0.25) is 0 Å². The zero-order valence-electron chi connectivity index (χ0n) is 9.39. The highest BCUT2D eigenvalue weighted by atomic mass is 127. The first-order chi connectivity index (χ1) is 7.13. The van der Waals surface area contributed by atoms with Crippen molar-refractivity contribution in [3.63, 3.8) is 0 Å². The number of halogens is 1. The standard InChI is InChI=1S/C13H18IN/c1-4-5-6-11(3)15-13-8-7-12(14)9-10(13)2/h4,7-9,11,15H,1,5-6H2,2-3H3. The second-order valence-electron chi connectivity index (χ2n) is 3.87. The molecule has 2 heteroatoms. The first-order valence-corrected chi connectivity index (χ1v) is 6.35. The van der Waals surface area contributed by atoms with E-state index in [9.17, 15) is 0 Å². The number of hydrogen-bond acceptors (Lipinski definition) is 1. The van der Waals surface area contributed by atoms with Crippen LogP contribution in [0.5, 0.6) is 0 Å². The fourth-order valence-corrected chi connectivity index (χ4v) is 2.14. The van der Waals surface area contributed by atoms with Crippen LogP contribution in [0, 0.1) is 10.5 Å². The third kappa shape index (κ3) is 4.24. The van der Waals surface area contributed by atoms with Crippen molar-refractivity contribution >= 4 is 28.3 Å². The Bertz CT molecular complexity index is 333. The molecule has 1 aromatic carbocycles. The lowest BCUT2D eigenvalue weighted by atomic mass is 10.1. The van der Waals surface area contributed by atoms with Crippen LogP contribution < -0.4 is 5.32 Å². The molecule has 0 radical (unpaired) electrons. The SMILES string of the molecule is C=CCCC(C)Nc1ccc(I)cc1C. The van der Waals surface area contributed by atoms with E-state index in [2.05, 4.69) is 66.5 Å². The summed E-state index contributed by atoms with van der Waals surface area (Å²) in [6, 6.07) is 6.99. The van der Waals surface area contributed by atoms with E-state index in [1.165, 1.54) is 14.8 Å². The van der Waals surface area contributed by atoms with E-state index in [0.29, 0.717) is 6.04 Å². The van der Waals surface area contributed by atoms with Gasteiger partial charge in [0.05, 0.1) is 0 Å². The molecule has 1 aromatic rings. The summed E-state index contributed by atoms with van der Waals surface area (Å²) in [5.74, 6) is 0. The summed E-state index contributed by atoms with van der Waals surface area (Å²) >= 11 is 2.34. The molecule has 0 heterocycles. The van der Waals surface area contributed by atoms with Gasteiger partial charge in [-0.05, 0) is 73.0 Å². The first kappa shape index (κ1) is 12.6. The molecule has 1 unspecified atom stereocenters. The van der Waals surface area contributed by atoms with Crippen LogP contribution in [-0.4, -0.2) is 6.04 Å². The maximum Gasteiger partial charge on any atom is 0.0372 e. The lowest BCUT2D eigenvalue weighted by molar-refractivity contribution is 0.718. The minimum absolute atomic E-state index is 0.502. The molecule has 0 fully saturated rings. The smallest absolute Gasteiger partial charge is 0.0372 e. The highest BCUT2D eigenvalue weighted by Crippen LogP contribution is 2.19. The summed E-state index contributed by atoms with van der Waals surface area (Å²) in [7, 11) is 0. The van der Waals surface area contributed by atoms with Gasteiger partial charge in [-0.15, -0.1) is 6.58 Å². The van der Waals surface area contributed by atoms with E-state index in [1.54, 1.807) is 0 Å². The molecule has 82 valence electrons. The van der Waals surface area contributed by atoms with Crippen molar-refractivity contribution in [2.75, 3.05) is 5.32 Å². The molecule has 1 N–H and O–H groups in total. The Labute approximate surface area is 106 Å². The van der Waals surface area contributed by atoms with Crippen molar-refractivity contribution < 1.29 is 0 Å². The summed E-state index contributed by atoms with van der Waals surface area (Å²) in [5.41, 5.74) is 2.55. The summed E-state index contributed by atoms with van der Waals surface area (Å²) in [4.78, 5) is 0. The molecule has 15 heavy (non-hydrogen) atoms. The van der Waals surface area contributed by atoms with E-state index in [4.69, 9.17) is 0 Å². The molecular weight excluding hydrogens is 297 g/mol. The molecule has 0 aromatic heterocycles. The summed E-state index contributed by atoms with van der Waals surface area (Å²) in [6.07, 6.45) is 4.17. The van der Waals surface area contributed by atoms with Crippen molar-refractivity contribution in [3.8, 4) is 0 Å². The molecular formula is C13H18IN. The van der Waals surface area contributed by atoms with Gasteiger partial charge in [0.25, 0.3) is 0 Å². The zero-order chi connectivity index (χ0) is 11.3.